The molecule has 2 nitrogen and oxygen atoms in total. The Hall–Kier alpha value is -0.350. The molecule has 1 rings (SSSR count). The Kier molecular flexibility index (Phi) is 4.13. The Labute approximate surface area is 99.9 Å². The van der Waals surface area contributed by atoms with Gasteiger partial charge in [-0.3, -0.25) is 0 Å². The van der Waals surface area contributed by atoms with Crippen molar-refractivity contribution in [3.63, 3.8) is 0 Å². The van der Waals surface area contributed by atoms with Crippen LogP contribution in [0, 0.1) is 6.92 Å². The first kappa shape index (κ1) is 11.7. The molecule has 0 atom stereocenters. The van der Waals surface area contributed by atoms with Crippen LogP contribution in [0.4, 0.5) is 0 Å². The minimum Gasteiger partial charge on any atom is -0.462 e. The fraction of sp³-hybridized carbons (Fsp3) is 0.300. The van der Waals surface area contributed by atoms with Gasteiger partial charge in [0.05, 0.1) is 12.2 Å². The maximum absolute atomic E-state index is 11.5. The third-order valence-corrected chi connectivity index (χ3v) is 3.25. The zero-order chi connectivity index (χ0) is 10.7. The van der Waals surface area contributed by atoms with E-state index in [4.69, 9.17) is 4.74 Å². The summed E-state index contributed by atoms with van der Waals surface area (Å²) in [6.07, 6.45) is 0. The summed E-state index contributed by atoms with van der Waals surface area (Å²) in [5.74, 6) is -0.296. The van der Waals surface area contributed by atoms with Crippen LogP contribution in [-0.2, 0) is 4.74 Å². The molecule has 0 unspecified atom stereocenters. The molecule has 4 heteroatoms. The van der Waals surface area contributed by atoms with Crippen molar-refractivity contribution in [3.8, 4) is 0 Å². The third kappa shape index (κ3) is 2.58. The predicted molar refractivity (Wildman–Crippen MR) is 62.5 cm³/mol. The van der Waals surface area contributed by atoms with E-state index in [1.54, 1.807) is 13.0 Å². The van der Waals surface area contributed by atoms with Gasteiger partial charge in [-0.1, -0.05) is 15.9 Å². The number of carbonyl (C=O) groups excluding carboxylic acids is 1. The minimum absolute atomic E-state index is 0.296. The fourth-order valence-corrected chi connectivity index (χ4v) is 2.18. The van der Waals surface area contributed by atoms with Crippen LogP contribution in [0.3, 0.4) is 0 Å². The van der Waals surface area contributed by atoms with E-state index in [2.05, 4.69) is 31.9 Å². The number of benzene rings is 1. The molecule has 0 aliphatic rings. The molecule has 0 aromatic heterocycles. The topological polar surface area (TPSA) is 26.3 Å². The zero-order valence-electron chi connectivity index (χ0n) is 7.93. The summed E-state index contributed by atoms with van der Waals surface area (Å²) >= 11 is 6.71. The highest BCUT2D eigenvalue weighted by molar-refractivity contribution is 9.11. The van der Waals surface area contributed by atoms with Crippen LogP contribution >= 0.6 is 31.9 Å². The van der Waals surface area contributed by atoms with Gasteiger partial charge in [-0.05, 0) is 47.5 Å². The van der Waals surface area contributed by atoms with E-state index in [0.717, 1.165) is 14.5 Å². The number of rotatable bonds is 2. The van der Waals surface area contributed by atoms with Gasteiger partial charge >= 0.3 is 5.97 Å². The maximum atomic E-state index is 11.5. The van der Waals surface area contributed by atoms with Gasteiger partial charge in [0.25, 0.3) is 0 Å². The van der Waals surface area contributed by atoms with E-state index in [9.17, 15) is 4.79 Å². The predicted octanol–water partition coefficient (Wildman–Crippen LogP) is 3.70. The molecule has 76 valence electrons. The molecule has 0 aliphatic carbocycles. The fourth-order valence-electron chi connectivity index (χ4n) is 1.02. The van der Waals surface area contributed by atoms with Crippen LogP contribution < -0.4 is 0 Å². The Morgan fingerprint density at radius 1 is 1.36 bits per heavy atom. The van der Waals surface area contributed by atoms with E-state index < -0.39 is 0 Å². The first-order valence-electron chi connectivity index (χ1n) is 4.19. The first-order valence-corrected chi connectivity index (χ1v) is 5.77. The molecule has 0 fully saturated rings. The van der Waals surface area contributed by atoms with Crippen molar-refractivity contribution in [2.75, 3.05) is 6.61 Å². The molecule has 0 saturated carbocycles. The van der Waals surface area contributed by atoms with Gasteiger partial charge in [-0.2, -0.15) is 0 Å². The number of halogens is 2. The summed E-state index contributed by atoms with van der Waals surface area (Å²) in [6.45, 7) is 4.11. The quantitative estimate of drug-likeness (QED) is 0.776. The molecule has 0 spiro atoms. The lowest BCUT2D eigenvalue weighted by Gasteiger charge is -2.06. The van der Waals surface area contributed by atoms with Crippen molar-refractivity contribution in [2.24, 2.45) is 0 Å². The van der Waals surface area contributed by atoms with Crippen LogP contribution in [-0.4, -0.2) is 12.6 Å². The Balaban J connectivity index is 3.09. The van der Waals surface area contributed by atoms with E-state index in [1.807, 2.05) is 13.0 Å². The average Bonchev–Trinajstić information content (AvgIpc) is 2.11. The first-order chi connectivity index (χ1) is 6.56. The van der Waals surface area contributed by atoms with Crippen molar-refractivity contribution in [1.29, 1.82) is 0 Å². The van der Waals surface area contributed by atoms with Crippen LogP contribution in [0.15, 0.2) is 21.1 Å². The second-order valence-electron chi connectivity index (χ2n) is 2.80. The lowest BCUT2D eigenvalue weighted by molar-refractivity contribution is 0.0525. The van der Waals surface area contributed by atoms with Crippen LogP contribution in [0.5, 0.6) is 0 Å². The highest BCUT2D eigenvalue weighted by Crippen LogP contribution is 2.26. The van der Waals surface area contributed by atoms with Crippen LogP contribution in [0.2, 0.25) is 0 Å². The largest absolute Gasteiger partial charge is 0.462 e. The Bertz CT molecular complexity index is 361. The van der Waals surface area contributed by atoms with E-state index in [1.165, 1.54) is 0 Å². The molecule has 0 bridgehead atoms. The zero-order valence-corrected chi connectivity index (χ0v) is 11.1. The summed E-state index contributed by atoms with van der Waals surface area (Å²) in [5, 5.41) is 0. The van der Waals surface area contributed by atoms with Crippen molar-refractivity contribution < 1.29 is 9.53 Å². The molecular weight excluding hydrogens is 312 g/mol. The number of hydrogen-bond donors (Lipinski definition) is 0. The van der Waals surface area contributed by atoms with Gasteiger partial charge in [-0.25, -0.2) is 4.79 Å². The Morgan fingerprint density at radius 2 is 2.00 bits per heavy atom. The SMILES string of the molecule is CCOC(=O)c1cc(C)c(Br)cc1Br. The van der Waals surface area contributed by atoms with Gasteiger partial charge in [0.2, 0.25) is 0 Å². The van der Waals surface area contributed by atoms with Gasteiger partial charge in [0.15, 0.2) is 0 Å². The lowest BCUT2D eigenvalue weighted by atomic mass is 10.1. The van der Waals surface area contributed by atoms with Gasteiger partial charge in [-0.15, -0.1) is 0 Å². The average molecular weight is 322 g/mol. The number of ether oxygens (including phenoxy) is 1. The van der Waals surface area contributed by atoms with Crippen molar-refractivity contribution in [2.45, 2.75) is 13.8 Å². The highest BCUT2D eigenvalue weighted by Gasteiger charge is 2.12. The van der Waals surface area contributed by atoms with Crippen LogP contribution in [0.25, 0.3) is 0 Å². The van der Waals surface area contributed by atoms with Gasteiger partial charge < -0.3 is 4.74 Å². The van der Waals surface area contributed by atoms with Crippen molar-refractivity contribution >= 4 is 37.8 Å². The summed E-state index contributed by atoms with van der Waals surface area (Å²) in [6, 6.07) is 3.65. The minimum atomic E-state index is -0.296. The standard InChI is InChI=1S/C10H10Br2O2/c1-3-14-10(13)7-4-6(2)8(11)5-9(7)12/h4-5H,3H2,1-2H3. The molecule has 14 heavy (non-hydrogen) atoms. The number of esters is 1. The van der Waals surface area contributed by atoms with Crippen molar-refractivity contribution in [3.05, 3.63) is 32.2 Å². The second-order valence-corrected chi connectivity index (χ2v) is 4.51. The molecule has 1 aromatic rings. The van der Waals surface area contributed by atoms with Gasteiger partial charge in [0, 0.05) is 8.95 Å². The molecule has 0 heterocycles. The molecular formula is C10H10Br2O2. The number of carbonyl (C=O) groups is 1. The number of aryl methyl sites for hydroxylation is 1. The summed E-state index contributed by atoms with van der Waals surface area (Å²) < 4.78 is 6.63. The van der Waals surface area contributed by atoms with Crippen LogP contribution in [0.1, 0.15) is 22.8 Å². The summed E-state index contributed by atoms with van der Waals surface area (Å²) in [7, 11) is 0. The molecule has 0 amide bonds. The van der Waals surface area contributed by atoms with E-state index in [0.29, 0.717) is 12.2 Å². The molecule has 0 radical (unpaired) electrons. The second kappa shape index (κ2) is 4.94. The number of hydrogen-bond acceptors (Lipinski definition) is 2. The molecule has 0 aliphatic heterocycles. The third-order valence-electron chi connectivity index (χ3n) is 1.74. The smallest absolute Gasteiger partial charge is 0.339 e. The maximum Gasteiger partial charge on any atom is 0.339 e. The highest BCUT2D eigenvalue weighted by atomic mass is 79.9. The Morgan fingerprint density at radius 3 is 2.57 bits per heavy atom. The van der Waals surface area contributed by atoms with E-state index >= 15 is 0 Å². The normalized spacial score (nSPS) is 10.0. The van der Waals surface area contributed by atoms with Crippen molar-refractivity contribution in [1.82, 2.24) is 0 Å². The summed E-state index contributed by atoms with van der Waals surface area (Å²) in [4.78, 5) is 11.5. The van der Waals surface area contributed by atoms with E-state index in [-0.39, 0.29) is 5.97 Å². The molecule has 0 N–H and O–H groups in total. The van der Waals surface area contributed by atoms with Gasteiger partial charge in [0.1, 0.15) is 0 Å². The monoisotopic (exact) mass is 320 g/mol. The lowest BCUT2D eigenvalue weighted by Crippen LogP contribution is -2.05. The summed E-state index contributed by atoms with van der Waals surface area (Å²) in [5.41, 5.74) is 1.57. The molecule has 0 saturated heterocycles. The molecule has 1 aromatic carbocycles.